The minimum Gasteiger partial charge on any atom is -0.338 e. The van der Waals surface area contributed by atoms with E-state index in [0.717, 1.165) is 6.42 Å². The molecule has 2 amide bonds. The number of halogens is 1. The van der Waals surface area contributed by atoms with Gasteiger partial charge in [0.1, 0.15) is 5.82 Å². The van der Waals surface area contributed by atoms with Crippen LogP contribution in [0.4, 0.5) is 14.9 Å². The Morgan fingerprint density at radius 1 is 1.15 bits per heavy atom. The van der Waals surface area contributed by atoms with Gasteiger partial charge in [0.2, 0.25) is 0 Å². The lowest BCUT2D eigenvalue weighted by Gasteiger charge is -2.09. The summed E-state index contributed by atoms with van der Waals surface area (Å²) >= 11 is 0. The van der Waals surface area contributed by atoms with E-state index in [1.165, 1.54) is 23.3 Å². The summed E-state index contributed by atoms with van der Waals surface area (Å²) in [6.07, 6.45) is 0.767. The molecule has 0 saturated carbocycles. The third-order valence-electron chi connectivity index (χ3n) is 3.02. The van der Waals surface area contributed by atoms with Crippen LogP contribution in [-0.2, 0) is 6.42 Å². The van der Waals surface area contributed by atoms with Crippen molar-refractivity contribution in [3.63, 3.8) is 0 Å². The van der Waals surface area contributed by atoms with E-state index in [0.29, 0.717) is 12.2 Å². The van der Waals surface area contributed by atoms with Crippen LogP contribution >= 0.6 is 0 Å². The molecule has 2 aromatic carbocycles. The van der Waals surface area contributed by atoms with Gasteiger partial charge in [-0.1, -0.05) is 30.3 Å². The lowest BCUT2D eigenvalue weighted by Crippen LogP contribution is -2.30. The number of urea groups is 1. The molecule has 2 rings (SSSR count). The van der Waals surface area contributed by atoms with Crippen LogP contribution in [0.25, 0.3) is 0 Å². The fraction of sp³-hybridized carbons (Fsp3) is 0.188. The van der Waals surface area contributed by atoms with Gasteiger partial charge in [0.15, 0.2) is 0 Å². The Morgan fingerprint density at radius 3 is 2.70 bits per heavy atom. The molecule has 4 heteroatoms. The number of anilines is 1. The quantitative estimate of drug-likeness (QED) is 0.878. The lowest BCUT2D eigenvalue weighted by molar-refractivity contribution is 0.252. The average molecular weight is 272 g/mol. The molecule has 0 aliphatic heterocycles. The highest BCUT2D eigenvalue weighted by atomic mass is 19.1. The minimum absolute atomic E-state index is 0.329. The van der Waals surface area contributed by atoms with Gasteiger partial charge >= 0.3 is 6.03 Å². The third kappa shape index (κ3) is 4.09. The molecule has 0 atom stereocenters. The summed E-state index contributed by atoms with van der Waals surface area (Å²) in [6.45, 7) is 2.58. The Hall–Kier alpha value is -2.36. The number of carbonyl (C=O) groups is 1. The van der Waals surface area contributed by atoms with Crippen molar-refractivity contribution < 1.29 is 9.18 Å². The van der Waals surface area contributed by atoms with Gasteiger partial charge in [-0.25, -0.2) is 9.18 Å². The van der Waals surface area contributed by atoms with Gasteiger partial charge in [-0.15, -0.1) is 0 Å². The Bertz CT molecular complexity index is 599. The maximum atomic E-state index is 13.0. The standard InChI is InChI=1S/C16H17FN2O/c1-12-5-2-3-6-13(12)9-10-18-16(20)19-15-8-4-7-14(17)11-15/h2-8,11H,9-10H2,1H3,(H2,18,19,20). The first-order valence-corrected chi connectivity index (χ1v) is 6.50. The summed E-state index contributed by atoms with van der Waals surface area (Å²) in [6, 6.07) is 13.5. The van der Waals surface area contributed by atoms with E-state index in [-0.39, 0.29) is 11.8 Å². The topological polar surface area (TPSA) is 41.1 Å². The summed E-state index contributed by atoms with van der Waals surface area (Å²) < 4.78 is 13.0. The first kappa shape index (κ1) is 14.1. The van der Waals surface area contributed by atoms with Gasteiger partial charge in [0, 0.05) is 12.2 Å². The van der Waals surface area contributed by atoms with E-state index in [1.807, 2.05) is 31.2 Å². The van der Waals surface area contributed by atoms with Crippen molar-refractivity contribution in [3.05, 3.63) is 65.5 Å². The smallest absolute Gasteiger partial charge is 0.319 e. The normalized spacial score (nSPS) is 10.1. The molecule has 0 bridgehead atoms. The number of rotatable bonds is 4. The van der Waals surface area contributed by atoms with Gasteiger partial charge in [0.05, 0.1) is 0 Å². The molecule has 0 aliphatic carbocycles. The first-order valence-electron chi connectivity index (χ1n) is 6.50. The van der Waals surface area contributed by atoms with Crippen LogP contribution in [0.1, 0.15) is 11.1 Å². The molecule has 0 saturated heterocycles. The molecule has 2 aromatic rings. The monoisotopic (exact) mass is 272 g/mol. The highest BCUT2D eigenvalue weighted by Crippen LogP contribution is 2.09. The molecule has 2 N–H and O–H groups in total. The van der Waals surface area contributed by atoms with Crippen molar-refractivity contribution in [1.82, 2.24) is 5.32 Å². The number of amides is 2. The molecule has 20 heavy (non-hydrogen) atoms. The minimum atomic E-state index is -0.372. The van der Waals surface area contributed by atoms with E-state index < -0.39 is 0 Å². The molecule has 0 radical (unpaired) electrons. The summed E-state index contributed by atoms with van der Waals surface area (Å²) in [4.78, 5) is 11.7. The van der Waals surface area contributed by atoms with Crippen LogP contribution in [-0.4, -0.2) is 12.6 Å². The first-order chi connectivity index (χ1) is 9.65. The molecule has 0 fully saturated rings. The molecular formula is C16H17FN2O. The second kappa shape index (κ2) is 6.70. The second-order valence-corrected chi connectivity index (χ2v) is 4.57. The van der Waals surface area contributed by atoms with Crippen molar-refractivity contribution in [2.75, 3.05) is 11.9 Å². The number of aryl methyl sites for hydroxylation is 1. The van der Waals surface area contributed by atoms with Crippen LogP contribution in [0.15, 0.2) is 48.5 Å². The number of benzene rings is 2. The SMILES string of the molecule is Cc1ccccc1CCNC(=O)Nc1cccc(F)c1. The zero-order valence-corrected chi connectivity index (χ0v) is 11.3. The predicted octanol–water partition coefficient (Wildman–Crippen LogP) is 3.50. The van der Waals surface area contributed by atoms with E-state index in [1.54, 1.807) is 12.1 Å². The molecule has 3 nitrogen and oxygen atoms in total. The number of carbonyl (C=O) groups excluding carboxylic acids is 1. The highest BCUT2D eigenvalue weighted by molar-refractivity contribution is 5.89. The third-order valence-corrected chi connectivity index (χ3v) is 3.02. The Morgan fingerprint density at radius 2 is 1.95 bits per heavy atom. The lowest BCUT2D eigenvalue weighted by atomic mass is 10.1. The maximum Gasteiger partial charge on any atom is 0.319 e. The van der Waals surface area contributed by atoms with Crippen molar-refractivity contribution in [3.8, 4) is 0 Å². The van der Waals surface area contributed by atoms with Crippen molar-refractivity contribution in [2.24, 2.45) is 0 Å². The number of hydrogen-bond donors (Lipinski definition) is 2. The molecule has 0 unspecified atom stereocenters. The van der Waals surface area contributed by atoms with Crippen molar-refractivity contribution in [1.29, 1.82) is 0 Å². The van der Waals surface area contributed by atoms with E-state index in [4.69, 9.17) is 0 Å². The van der Waals surface area contributed by atoms with Crippen LogP contribution in [0, 0.1) is 12.7 Å². The van der Waals surface area contributed by atoms with Crippen LogP contribution in [0.5, 0.6) is 0 Å². The van der Waals surface area contributed by atoms with E-state index in [9.17, 15) is 9.18 Å². The molecule has 0 aliphatic rings. The largest absolute Gasteiger partial charge is 0.338 e. The van der Waals surface area contributed by atoms with Crippen molar-refractivity contribution in [2.45, 2.75) is 13.3 Å². The van der Waals surface area contributed by atoms with Crippen LogP contribution in [0.3, 0.4) is 0 Å². The zero-order chi connectivity index (χ0) is 14.4. The molecule has 0 heterocycles. The summed E-state index contributed by atoms with van der Waals surface area (Å²) in [7, 11) is 0. The summed E-state index contributed by atoms with van der Waals surface area (Å²) in [5.74, 6) is -0.372. The van der Waals surface area contributed by atoms with Gasteiger partial charge in [-0.2, -0.15) is 0 Å². The van der Waals surface area contributed by atoms with E-state index in [2.05, 4.69) is 10.6 Å². The molecule has 104 valence electrons. The predicted molar refractivity (Wildman–Crippen MR) is 78.3 cm³/mol. The fourth-order valence-corrected chi connectivity index (χ4v) is 1.94. The highest BCUT2D eigenvalue weighted by Gasteiger charge is 2.03. The van der Waals surface area contributed by atoms with Gasteiger partial charge in [0.25, 0.3) is 0 Å². The summed E-state index contributed by atoms with van der Waals surface area (Å²) in [5, 5.41) is 5.35. The molecular weight excluding hydrogens is 255 g/mol. The second-order valence-electron chi connectivity index (χ2n) is 4.57. The fourth-order valence-electron chi connectivity index (χ4n) is 1.94. The van der Waals surface area contributed by atoms with Gasteiger partial charge in [-0.05, 0) is 42.7 Å². The Labute approximate surface area is 117 Å². The van der Waals surface area contributed by atoms with Crippen molar-refractivity contribution >= 4 is 11.7 Å². The maximum absolute atomic E-state index is 13.0. The zero-order valence-electron chi connectivity index (χ0n) is 11.3. The Kier molecular flexibility index (Phi) is 4.71. The number of hydrogen-bond acceptors (Lipinski definition) is 1. The average Bonchev–Trinajstić information content (AvgIpc) is 2.41. The van der Waals surface area contributed by atoms with Crippen LogP contribution in [0.2, 0.25) is 0 Å². The Balaban J connectivity index is 1.80. The molecule has 0 aromatic heterocycles. The van der Waals surface area contributed by atoms with E-state index >= 15 is 0 Å². The molecule has 0 spiro atoms. The summed E-state index contributed by atoms with van der Waals surface area (Å²) in [5.41, 5.74) is 2.86. The number of nitrogens with one attached hydrogen (secondary N) is 2. The van der Waals surface area contributed by atoms with Gasteiger partial charge < -0.3 is 10.6 Å². The van der Waals surface area contributed by atoms with Gasteiger partial charge in [-0.3, -0.25) is 0 Å². The van der Waals surface area contributed by atoms with Crippen LogP contribution < -0.4 is 10.6 Å².